The van der Waals surface area contributed by atoms with Crippen LogP contribution in [0.15, 0.2) is 29.0 Å². The lowest BCUT2D eigenvalue weighted by Gasteiger charge is -2.23. The van der Waals surface area contributed by atoms with Crippen molar-refractivity contribution in [2.75, 3.05) is 18.0 Å². The standard InChI is InChI=1S/C17H16F2N6OS/c18-12(19)14-22-23-16(27-14)25-8-11-4-1-5-17(11,9-25)15-21-13(24-26-15)10-3-2-6-20-7-10/h2-3,6-7,11-12H,1,4-5,8-9H2/t11-,17-/m1/s1. The molecule has 5 rings (SSSR count). The maximum atomic E-state index is 12.9. The quantitative estimate of drug-likeness (QED) is 0.675. The summed E-state index contributed by atoms with van der Waals surface area (Å²) in [5.74, 6) is 1.47. The molecule has 27 heavy (non-hydrogen) atoms. The molecule has 10 heteroatoms. The normalized spacial score (nSPS) is 24.7. The molecule has 1 saturated carbocycles. The molecular formula is C17H16F2N6OS. The number of halogens is 2. The molecule has 2 fully saturated rings. The molecule has 140 valence electrons. The van der Waals surface area contributed by atoms with Gasteiger partial charge in [0.2, 0.25) is 16.8 Å². The third-order valence-corrected chi connectivity index (χ3v) is 6.52. The van der Waals surface area contributed by atoms with Crippen molar-refractivity contribution < 1.29 is 13.3 Å². The van der Waals surface area contributed by atoms with Crippen LogP contribution in [-0.2, 0) is 5.41 Å². The van der Waals surface area contributed by atoms with E-state index in [1.54, 1.807) is 12.4 Å². The predicted octanol–water partition coefficient (Wildman–Crippen LogP) is 3.48. The van der Waals surface area contributed by atoms with Gasteiger partial charge in [-0.1, -0.05) is 22.9 Å². The van der Waals surface area contributed by atoms with Crippen LogP contribution >= 0.6 is 11.3 Å². The van der Waals surface area contributed by atoms with Crippen molar-refractivity contribution in [1.82, 2.24) is 25.3 Å². The molecule has 2 atom stereocenters. The summed E-state index contributed by atoms with van der Waals surface area (Å²) >= 11 is 0.952. The first-order chi connectivity index (χ1) is 13.2. The van der Waals surface area contributed by atoms with Gasteiger partial charge in [-0.3, -0.25) is 4.98 Å². The van der Waals surface area contributed by atoms with Gasteiger partial charge in [-0.15, -0.1) is 10.2 Å². The molecule has 1 saturated heterocycles. The lowest BCUT2D eigenvalue weighted by atomic mass is 9.80. The highest BCUT2D eigenvalue weighted by Crippen LogP contribution is 2.51. The molecule has 0 unspecified atom stereocenters. The summed E-state index contributed by atoms with van der Waals surface area (Å²) in [5, 5.41) is 12.0. The number of hydrogen-bond acceptors (Lipinski definition) is 8. The molecule has 0 aromatic carbocycles. The minimum Gasteiger partial charge on any atom is -0.345 e. The lowest BCUT2D eigenvalue weighted by Crippen LogP contribution is -2.32. The second-order valence-electron chi connectivity index (χ2n) is 7.01. The fraction of sp³-hybridized carbons (Fsp3) is 0.471. The van der Waals surface area contributed by atoms with Crippen molar-refractivity contribution in [1.29, 1.82) is 0 Å². The number of nitrogens with zero attached hydrogens (tertiary/aromatic N) is 6. The molecule has 1 aliphatic heterocycles. The van der Waals surface area contributed by atoms with Crippen molar-refractivity contribution >= 4 is 16.5 Å². The molecule has 2 aliphatic rings. The molecule has 0 bridgehead atoms. The van der Waals surface area contributed by atoms with E-state index in [4.69, 9.17) is 4.52 Å². The Morgan fingerprint density at radius 3 is 3.04 bits per heavy atom. The van der Waals surface area contributed by atoms with E-state index >= 15 is 0 Å². The Balaban J connectivity index is 1.45. The Bertz CT molecular complexity index is 948. The molecule has 1 aliphatic carbocycles. The average molecular weight is 390 g/mol. The first-order valence-electron chi connectivity index (χ1n) is 8.77. The monoisotopic (exact) mass is 390 g/mol. The van der Waals surface area contributed by atoms with Crippen molar-refractivity contribution in [2.45, 2.75) is 31.1 Å². The van der Waals surface area contributed by atoms with Gasteiger partial charge in [0.1, 0.15) is 0 Å². The van der Waals surface area contributed by atoms with Gasteiger partial charge in [-0.05, 0) is 30.9 Å². The number of anilines is 1. The number of alkyl halides is 2. The van der Waals surface area contributed by atoms with Crippen molar-refractivity contribution in [3.05, 3.63) is 35.4 Å². The average Bonchev–Trinajstić information content (AvgIpc) is 3.42. The summed E-state index contributed by atoms with van der Waals surface area (Å²) in [4.78, 5) is 10.8. The second kappa shape index (κ2) is 6.29. The van der Waals surface area contributed by atoms with Crippen LogP contribution in [0.25, 0.3) is 11.4 Å². The Morgan fingerprint density at radius 1 is 1.33 bits per heavy atom. The zero-order valence-corrected chi connectivity index (χ0v) is 15.1. The van der Waals surface area contributed by atoms with Gasteiger partial charge in [-0.25, -0.2) is 8.78 Å². The molecule has 0 N–H and O–H groups in total. The molecular weight excluding hydrogens is 374 g/mol. The fourth-order valence-corrected chi connectivity index (χ4v) is 4.97. The molecule has 0 amide bonds. The van der Waals surface area contributed by atoms with Gasteiger partial charge in [-0.2, -0.15) is 4.98 Å². The zero-order chi connectivity index (χ0) is 18.4. The fourth-order valence-electron chi connectivity index (χ4n) is 4.26. The topological polar surface area (TPSA) is 80.8 Å². The van der Waals surface area contributed by atoms with Gasteiger partial charge < -0.3 is 9.42 Å². The molecule has 3 aromatic heterocycles. The van der Waals surface area contributed by atoms with Crippen molar-refractivity contribution in [3.63, 3.8) is 0 Å². The highest BCUT2D eigenvalue weighted by atomic mass is 32.1. The maximum Gasteiger partial charge on any atom is 0.291 e. The first-order valence-corrected chi connectivity index (χ1v) is 9.58. The Hall–Kier alpha value is -2.49. The number of pyridine rings is 1. The van der Waals surface area contributed by atoms with Crippen LogP contribution in [0.4, 0.5) is 13.9 Å². The Morgan fingerprint density at radius 2 is 2.26 bits per heavy atom. The van der Waals surface area contributed by atoms with Crippen molar-refractivity contribution in [2.24, 2.45) is 5.92 Å². The summed E-state index contributed by atoms with van der Waals surface area (Å²) < 4.78 is 31.4. The van der Waals surface area contributed by atoms with Crippen LogP contribution in [0.2, 0.25) is 0 Å². The Kier molecular flexibility index (Phi) is 3.88. The minimum absolute atomic E-state index is 0.243. The maximum absolute atomic E-state index is 12.9. The largest absolute Gasteiger partial charge is 0.345 e. The molecule has 0 radical (unpaired) electrons. The van der Waals surface area contributed by atoms with Gasteiger partial charge in [0.15, 0.2) is 5.01 Å². The third kappa shape index (κ3) is 2.70. The van der Waals surface area contributed by atoms with E-state index in [1.807, 2.05) is 17.0 Å². The molecule has 4 heterocycles. The van der Waals surface area contributed by atoms with Gasteiger partial charge >= 0.3 is 0 Å². The van der Waals surface area contributed by atoms with Crippen LogP contribution in [0.5, 0.6) is 0 Å². The highest BCUT2D eigenvalue weighted by Gasteiger charge is 2.55. The van der Waals surface area contributed by atoms with Gasteiger partial charge in [0.05, 0.1) is 5.41 Å². The van der Waals surface area contributed by atoms with E-state index in [9.17, 15) is 8.78 Å². The number of aromatic nitrogens is 5. The molecule has 3 aromatic rings. The van der Waals surface area contributed by atoms with E-state index in [2.05, 4.69) is 25.3 Å². The molecule has 7 nitrogen and oxygen atoms in total. The summed E-state index contributed by atoms with van der Waals surface area (Å²) in [6.45, 7) is 1.37. The van der Waals surface area contributed by atoms with Crippen LogP contribution in [0, 0.1) is 5.92 Å². The van der Waals surface area contributed by atoms with Crippen LogP contribution < -0.4 is 4.90 Å². The van der Waals surface area contributed by atoms with Crippen LogP contribution in [0.3, 0.4) is 0 Å². The molecule has 0 spiro atoms. The zero-order valence-electron chi connectivity index (χ0n) is 14.3. The summed E-state index contributed by atoms with van der Waals surface area (Å²) in [6, 6.07) is 3.72. The smallest absolute Gasteiger partial charge is 0.291 e. The van der Waals surface area contributed by atoms with E-state index in [1.165, 1.54) is 0 Å². The summed E-state index contributed by atoms with van der Waals surface area (Å²) in [5.41, 5.74) is 0.545. The second-order valence-corrected chi connectivity index (χ2v) is 8.00. The summed E-state index contributed by atoms with van der Waals surface area (Å²) in [7, 11) is 0. The van der Waals surface area contributed by atoms with E-state index in [-0.39, 0.29) is 10.4 Å². The van der Waals surface area contributed by atoms with E-state index in [0.717, 1.165) is 42.7 Å². The number of rotatable bonds is 4. The van der Waals surface area contributed by atoms with Crippen LogP contribution in [-0.4, -0.2) is 38.4 Å². The summed E-state index contributed by atoms with van der Waals surface area (Å²) in [6.07, 6.45) is 3.87. The van der Waals surface area contributed by atoms with E-state index < -0.39 is 6.43 Å². The van der Waals surface area contributed by atoms with Crippen LogP contribution in [0.1, 0.15) is 36.6 Å². The highest BCUT2D eigenvalue weighted by molar-refractivity contribution is 7.15. The Labute approximate surface area is 157 Å². The lowest BCUT2D eigenvalue weighted by molar-refractivity contribution is 0.150. The number of fused-ring (bicyclic) bond motifs is 1. The third-order valence-electron chi connectivity index (χ3n) is 5.53. The number of hydrogen-bond donors (Lipinski definition) is 0. The van der Waals surface area contributed by atoms with Gasteiger partial charge in [0.25, 0.3) is 6.43 Å². The SMILES string of the molecule is FC(F)c1nnc(N2C[C@H]3CCC[C@@]3(c3nc(-c4cccnc4)no3)C2)s1. The minimum atomic E-state index is -2.59. The first kappa shape index (κ1) is 16.7. The predicted molar refractivity (Wildman–Crippen MR) is 93.6 cm³/mol. The van der Waals surface area contributed by atoms with E-state index in [0.29, 0.717) is 29.3 Å². The van der Waals surface area contributed by atoms with Crippen molar-refractivity contribution in [3.8, 4) is 11.4 Å². The van der Waals surface area contributed by atoms with Gasteiger partial charge in [0, 0.05) is 31.0 Å².